The summed E-state index contributed by atoms with van der Waals surface area (Å²) in [4.78, 5) is 26.1. The van der Waals surface area contributed by atoms with E-state index in [1.165, 1.54) is 12.7 Å². The molecule has 0 bridgehead atoms. The van der Waals surface area contributed by atoms with Crippen molar-refractivity contribution in [2.24, 2.45) is 0 Å². The van der Waals surface area contributed by atoms with E-state index in [-0.39, 0.29) is 11.7 Å². The van der Waals surface area contributed by atoms with Crippen LogP contribution < -0.4 is 5.32 Å². The quantitative estimate of drug-likeness (QED) is 0.486. The van der Waals surface area contributed by atoms with Crippen LogP contribution in [0.5, 0.6) is 0 Å². The fourth-order valence-electron chi connectivity index (χ4n) is 4.40. The molecule has 1 N–H and O–H groups in total. The van der Waals surface area contributed by atoms with E-state index in [0.29, 0.717) is 17.6 Å². The summed E-state index contributed by atoms with van der Waals surface area (Å²) < 4.78 is 6.11. The molecule has 4 rings (SSSR count). The van der Waals surface area contributed by atoms with E-state index in [4.69, 9.17) is 4.74 Å². The molecule has 0 unspecified atom stereocenters. The van der Waals surface area contributed by atoms with Crippen molar-refractivity contribution in [3.05, 3.63) is 91.8 Å². The summed E-state index contributed by atoms with van der Waals surface area (Å²) in [5, 5.41) is 3.37. The average molecular weight is 499 g/mol. The minimum atomic E-state index is -0.406. The molecule has 148 valence electrons. The molecule has 2 atom stereocenters. The van der Waals surface area contributed by atoms with E-state index in [2.05, 4.69) is 40.0 Å². The summed E-state index contributed by atoms with van der Waals surface area (Å²) in [7, 11) is 1.38. The molecule has 0 fully saturated rings. The van der Waals surface area contributed by atoms with Gasteiger partial charge < -0.3 is 10.1 Å². The molecular formula is C24H22INO3. The van der Waals surface area contributed by atoms with Gasteiger partial charge in [0.1, 0.15) is 0 Å². The van der Waals surface area contributed by atoms with Gasteiger partial charge in [-0.25, -0.2) is 4.79 Å². The van der Waals surface area contributed by atoms with Crippen LogP contribution in [0.2, 0.25) is 0 Å². The number of esters is 1. The molecule has 0 saturated heterocycles. The van der Waals surface area contributed by atoms with Gasteiger partial charge in [-0.1, -0.05) is 48.5 Å². The van der Waals surface area contributed by atoms with E-state index < -0.39 is 11.9 Å². The Morgan fingerprint density at radius 2 is 1.76 bits per heavy atom. The van der Waals surface area contributed by atoms with Gasteiger partial charge in [0.25, 0.3) is 0 Å². The lowest BCUT2D eigenvalue weighted by atomic mass is 9.72. The Morgan fingerprint density at radius 3 is 2.45 bits per heavy atom. The van der Waals surface area contributed by atoms with Gasteiger partial charge >= 0.3 is 5.97 Å². The van der Waals surface area contributed by atoms with E-state index in [0.717, 1.165) is 26.9 Å². The number of rotatable bonds is 3. The maximum absolute atomic E-state index is 13.4. The first-order chi connectivity index (χ1) is 14.0. The van der Waals surface area contributed by atoms with Crippen molar-refractivity contribution in [2.75, 3.05) is 7.11 Å². The van der Waals surface area contributed by atoms with Gasteiger partial charge in [-0.05, 0) is 59.0 Å². The summed E-state index contributed by atoms with van der Waals surface area (Å²) in [6.07, 6.45) is 1.19. The Labute approximate surface area is 184 Å². The number of hydrogen-bond acceptors (Lipinski definition) is 4. The standard InChI is InChI=1S/C24H22INO3/c1-14-21(24(28)29-2)22(17-10-6-7-11-18(17)25)23-19(26-14)12-16(13-20(23)27)15-8-4-3-5-9-15/h3-11,16,22,26H,12-13H2,1-2H3/t16-,22+/m1/s1. The van der Waals surface area contributed by atoms with Crippen molar-refractivity contribution in [1.29, 1.82) is 0 Å². The van der Waals surface area contributed by atoms with Crippen LogP contribution in [0.15, 0.2) is 77.1 Å². The predicted octanol–water partition coefficient (Wildman–Crippen LogP) is 4.83. The van der Waals surface area contributed by atoms with Crippen molar-refractivity contribution >= 4 is 34.3 Å². The molecule has 1 aliphatic heterocycles. The molecule has 2 aliphatic rings. The van der Waals surface area contributed by atoms with Crippen molar-refractivity contribution in [1.82, 2.24) is 5.32 Å². The van der Waals surface area contributed by atoms with E-state index in [1.54, 1.807) is 0 Å². The highest BCUT2D eigenvalue weighted by Crippen LogP contribution is 2.46. The van der Waals surface area contributed by atoms with E-state index in [1.807, 2.05) is 49.4 Å². The highest BCUT2D eigenvalue weighted by atomic mass is 127. The van der Waals surface area contributed by atoms with Crippen LogP contribution in [-0.2, 0) is 14.3 Å². The Hall–Kier alpha value is -2.41. The van der Waals surface area contributed by atoms with Crippen LogP contribution in [0.4, 0.5) is 0 Å². The van der Waals surface area contributed by atoms with Crippen LogP contribution in [0, 0.1) is 3.57 Å². The van der Waals surface area contributed by atoms with Crippen LogP contribution >= 0.6 is 22.6 Å². The largest absolute Gasteiger partial charge is 0.466 e. The Kier molecular flexibility index (Phi) is 5.58. The number of benzene rings is 2. The van der Waals surface area contributed by atoms with Gasteiger partial charge in [-0.15, -0.1) is 0 Å². The van der Waals surface area contributed by atoms with Gasteiger partial charge in [0, 0.05) is 32.9 Å². The second-order valence-electron chi connectivity index (χ2n) is 7.44. The smallest absolute Gasteiger partial charge is 0.336 e. The molecule has 4 nitrogen and oxygen atoms in total. The molecule has 0 saturated carbocycles. The highest BCUT2D eigenvalue weighted by molar-refractivity contribution is 14.1. The first-order valence-corrected chi connectivity index (χ1v) is 10.7. The number of hydrogen-bond donors (Lipinski definition) is 1. The number of nitrogens with one attached hydrogen (secondary N) is 1. The summed E-state index contributed by atoms with van der Waals surface area (Å²) in [6, 6.07) is 18.1. The third-order valence-corrected chi connectivity index (χ3v) is 6.70. The first kappa shape index (κ1) is 19.9. The summed E-state index contributed by atoms with van der Waals surface area (Å²) >= 11 is 2.27. The molecule has 1 aliphatic carbocycles. The Morgan fingerprint density at radius 1 is 1.07 bits per heavy atom. The maximum atomic E-state index is 13.4. The minimum absolute atomic E-state index is 0.0890. The molecule has 1 heterocycles. The summed E-state index contributed by atoms with van der Waals surface area (Å²) in [5.41, 5.74) is 5.02. The van der Waals surface area contributed by atoms with Crippen LogP contribution in [0.1, 0.15) is 42.7 Å². The Balaban J connectivity index is 1.84. The third kappa shape index (κ3) is 3.64. The SMILES string of the molecule is COC(=O)C1=C(C)NC2=C(C(=O)C[C@H](c3ccccc3)C2)[C@H]1c1ccccc1I. The van der Waals surface area contributed by atoms with Gasteiger partial charge in [0.2, 0.25) is 0 Å². The summed E-state index contributed by atoms with van der Waals surface area (Å²) in [6.45, 7) is 1.88. The zero-order valence-electron chi connectivity index (χ0n) is 16.4. The molecule has 0 amide bonds. The number of dihydropyridines is 1. The number of Topliss-reactive ketones (excluding diaryl/α,β-unsaturated/α-hetero) is 1. The topological polar surface area (TPSA) is 55.4 Å². The van der Waals surface area contributed by atoms with Crippen molar-refractivity contribution in [2.45, 2.75) is 31.6 Å². The average Bonchev–Trinajstić information content (AvgIpc) is 2.73. The monoisotopic (exact) mass is 499 g/mol. The second-order valence-corrected chi connectivity index (χ2v) is 8.60. The lowest BCUT2D eigenvalue weighted by molar-refractivity contribution is -0.136. The van der Waals surface area contributed by atoms with Crippen LogP contribution in [-0.4, -0.2) is 18.9 Å². The van der Waals surface area contributed by atoms with Gasteiger partial charge in [0.05, 0.1) is 12.7 Å². The molecule has 0 radical (unpaired) electrons. The number of ether oxygens (including phenoxy) is 1. The Bertz CT molecular complexity index is 1040. The highest BCUT2D eigenvalue weighted by Gasteiger charge is 2.41. The van der Waals surface area contributed by atoms with E-state index in [9.17, 15) is 9.59 Å². The fourth-order valence-corrected chi connectivity index (χ4v) is 5.10. The molecule has 0 aromatic heterocycles. The molecule has 5 heteroatoms. The molecule has 2 aromatic rings. The molecule has 2 aromatic carbocycles. The zero-order valence-corrected chi connectivity index (χ0v) is 18.5. The number of ketones is 1. The fraction of sp³-hybridized carbons (Fsp3) is 0.250. The first-order valence-electron chi connectivity index (χ1n) is 9.63. The number of carbonyl (C=O) groups is 2. The van der Waals surface area contributed by atoms with Gasteiger partial charge in [-0.2, -0.15) is 0 Å². The van der Waals surface area contributed by atoms with Crippen molar-refractivity contribution in [3.63, 3.8) is 0 Å². The second kappa shape index (κ2) is 8.14. The van der Waals surface area contributed by atoms with Gasteiger partial charge in [-0.3, -0.25) is 4.79 Å². The predicted molar refractivity (Wildman–Crippen MR) is 120 cm³/mol. The van der Waals surface area contributed by atoms with Crippen LogP contribution in [0.3, 0.4) is 0 Å². The van der Waals surface area contributed by atoms with Crippen molar-refractivity contribution < 1.29 is 14.3 Å². The molecule has 29 heavy (non-hydrogen) atoms. The minimum Gasteiger partial charge on any atom is -0.466 e. The van der Waals surface area contributed by atoms with Gasteiger partial charge in [0.15, 0.2) is 5.78 Å². The zero-order chi connectivity index (χ0) is 20.5. The lowest BCUT2D eigenvalue weighted by Gasteiger charge is -2.37. The number of methoxy groups -OCH3 is 1. The summed E-state index contributed by atoms with van der Waals surface area (Å²) in [5.74, 6) is -0.579. The molecular weight excluding hydrogens is 477 g/mol. The normalized spacial score (nSPS) is 21.6. The number of halogens is 1. The lowest BCUT2D eigenvalue weighted by Crippen LogP contribution is -2.36. The number of allylic oxidation sites excluding steroid dienone is 3. The number of carbonyl (C=O) groups excluding carboxylic acids is 2. The molecule has 0 spiro atoms. The van der Waals surface area contributed by atoms with E-state index >= 15 is 0 Å². The van der Waals surface area contributed by atoms with Crippen LogP contribution in [0.25, 0.3) is 0 Å². The maximum Gasteiger partial charge on any atom is 0.336 e. The van der Waals surface area contributed by atoms with Crippen molar-refractivity contribution in [3.8, 4) is 0 Å². The third-order valence-electron chi connectivity index (χ3n) is 5.72.